The van der Waals surface area contributed by atoms with Gasteiger partial charge in [0.15, 0.2) is 0 Å². The van der Waals surface area contributed by atoms with E-state index in [2.05, 4.69) is 0 Å². The molecule has 1 aliphatic rings. The van der Waals surface area contributed by atoms with Crippen LogP contribution in [-0.4, -0.2) is 0 Å². The number of nitrogens with zero attached hydrogens (tertiary/aromatic N) is 1. The van der Waals surface area contributed by atoms with Crippen molar-refractivity contribution in [2.75, 3.05) is 0 Å². The quantitative estimate of drug-likeness (QED) is 0.466. The van der Waals surface area contributed by atoms with Crippen molar-refractivity contribution in [1.29, 1.82) is 5.26 Å². The van der Waals surface area contributed by atoms with Crippen LogP contribution in [0.25, 0.3) is 22.3 Å². The highest BCUT2D eigenvalue weighted by Crippen LogP contribution is 2.40. The average Bonchev–Trinajstić information content (AvgIpc) is 3.00. The molecule has 0 saturated heterocycles. The van der Waals surface area contributed by atoms with Crippen molar-refractivity contribution in [2.45, 2.75) is 19.8 Å². The van der Waals surface area contributed by atoms with E-state index in [0.29, 0.717) is 18.4 Å². The van der Waals surface area contributed by atoms with Crippen molar-refractivity contribution in [3.05, 3.63) is 82.4 Å². The van der Waals surface area contributed by atoms with Crippen LogP contribution in [-0.2, 0) is 12.8 Å². The van der Waals surface area contributed by atoms with E-state index < -0.39 is 5.82 Å². The number of hydrogen-bond donors (Lipinski definition) is 0. The van der Waals surface area contributed by atoms with Gasteiger partial charge in [-0.3, -0.25) is 0 Å². The van der Waals surface area contributed by atoms with Crippen molar-refractivity contribution in [2.24, 2.45) is 0 Å². The monoisotopic (exact) mass is 331 g/mol. The molecule has 3 aromatic rings. The Bertz CT molecular complexity index is 1040. The van der Waals surface area contributed by atoms with Gasteiger partial charge in [0, 0.05) is 12.0 Å². The summed E-state index contributed by atoms with van der Waals surface area (Å²) in [6.45, 7) is 1.95. The normalized spacial score (nSPS) is 11.8. The van der Waals surface area contributed by atoms with Gasteiger partial charge in [0.1, 0.15) is 17.7 Å². The highest BCUT2D eigenvalue weighted by Gasteiger charge is 2.23. The molecule has 25 heavy (non-hydrogen) atoms. The molecule has 0 fully saturated rings. The molecule has 0 spiro atoms. The number of aryl methyl sites for hydroxylation is 1. The fraction of sp³-hybridized carbons (Fsp3) is 0.136. The minimum atomic E-state index is -0.526. The van der Waals surface area contributed by atoms with Crippen LogP contribution >= 0.6 is 0 Å². The van der Waals surface area contributed by atoms with Crippen LogP contribution in [0, 0.1) is 23.0 Å². The summed E-state index contributed by atoms with van der Waals surface area (Å²) in [6.07, 6.45) is 1.22. The molecule has 0 radical (unpaired) electrons. The standard InChI is InChI=1S/C22H15F2N/c1-2-13-5-8-19-18-7-6-14(9-17(18)10-20(19)22(13)24)15-3-4-16(12-25)21(23)11-15/h3-9,11H,2,10H2,1H3. The van der Waals surface area contributed by atoms with Gasteiger partial charge < -0.3 is 0 Å². The van der Waals surface area contributed by atoms with E-state index in [9.17, 15) is 8.78 Å². The Kier molecular flexibility index (Phi) is 3.62. The van der Waals surface area contributed by atoms with Crippen molar-refractivity contribution in [3.8, 4) is 28.3 Å². The molecule has 0 amide bonds. The maximum atomic E-state index is 14.6. The third-order valence-corrected chi connectivity index (χ3v) is 4.89. The van der Waals surface area contributed by atoms with Gasteiger partial charge in [-0.1, -0.05) is 43.3 Å². The van der Waals surface area contributed by atoms with Crippen molar-refractivity contribution < 1.29 is 8.78 Å². The lowest BCUT2D eigenvalue weighted by Crippen LogP contribution is -1.94. The lowest BCUT2D eigenvalue weighted by Gasteiger charge is -2.07. The second kappa shape index (κ2) is 5.82. The largest absolute Gasteiger partial charge is 0.206 e. The lowest BCUT2D eigenvalue weighted by atomic mass is 9.98. The third-order valence-electron chi connectivity index (χ3n) is 4.89. The topological polar surface area (TPSA) is 23.8 Å². The summed E-state index contributed by atoms with van der Waals surface area (Å²) in [5.41, 5.74) is 6.13. The van der Waals surface area contributed by atoms with Crippen LogP contribution < -0.4 is 0 Å². The van der Waals surface area contributed by atoms with Gasteiger partial charge in [-0.25, -0.2) is 8.78 Å². The van der Waals surface area contributed by atoms with E-state index in [0.717, 1.165) is 33.4 Å². The van der Waals surface area contributed by atoms with Gasteiger partial charge in [0.25, 0.3) is 0 Å². The minimum absolute atomic E-state index is 0.0338. The van der Waals surface area contributed by atoms with Gasteiger partial charge in [-0.05, 0) is 51.9 Å². The summed E-state index contributed by atoms with van der Waals surface area (Å²) in [7, 11) is 0. The first kappa shape index (κ1) is 15.5. The Hall–Kier alpha value is -2.99. The fourth-order valence-corrected chi connectivity index (χ4v) is 3.53. The maximum Gasteiger partial charge on any atom is 0.141 e. The highest BCUT2D eigenvalue weighted by atomic mass is 19.1. The molecule has 0 bridgehead atoms. The number of halogens is 2. The van der Waals surface area contributed by atoms with Crippen LogP contribution in [0.1, 0.15) is 29.2 Å². The number of fused-ring (bicyclic) bond motifs is 3. The average molecular weight is 331 g/mol. The summed E-state index contributed by atoms with van der Waals surface area (Å²) in [5.74, 6) is -0.635. The molecular weight excluding hydrogens is 316 g/mol. The van der Waals surface area contributed by atoms with E-state index in [1.165, 1.54) is 12.1 Å². The Balaban J connectivity index is 1.78. The first-order valence-corrected chi connectivity index (χ1v) is 8.26. The molecule has 1 aliphatic carbocycles. The summed E-state index contributed by atoms with van der Waals surface area (Å²) in [6, 6.07) is 16.1. The van der Waals surface area contributed by atoms with Gasteiger partial charge in [0.05, 0.1) is 5.56 Å². The zero-order valence-corrected chi connectivity index (χ0v) is 13.7. The smallest absolute Gasteiger partial charge is 0.141 e. The molecule has 0 atom stereocenters. The SMILES string of the molecule is CCc1ccc2c(c1F)Cc1cc(-c3ccc(C#N)c(F)c3)ccc1-2. The maximum absolute atomic E-state index is 14.6. The van der Waals surface area contributed by atoms with Crippen molar-refractivity contribution in [3.63, 3.8) is 0 Å². The van der Waals surface area contributed by atoms with E-state index in [-0.39, 0.29) is 11.4 Å². The summed E-state index contributed by atoms with van der Waals surface area (Å²) in [4.78, 5) is 0. The van der Waals surface area contributed by atoms with Crippen molar-refractivity contribution in [1.82, 2.24) is 0 Å². The number of nitriles is 1. The van der Waals surface area contributed by atoms with E-state index >= 15 is 0 Å². The van der Waals surface area contributed by atoms with Crippen LogP contribution in [0.5, 0.6) is 0 Å². The molecule has 122 valence electrons. The molecule has 0 saturated carbocycles. The second-order valence-corrected chi connectivity index (χ2v) is 6.27. The van der Waals surface area contributed by atoms with Gasteiger partial charge in [-0.15, -0.1) is 0 Å². The fourth-order valence-electron chi connectivity index (χ4n) is 3.53. The first-order chi connectivity index (χ1) is 12.1. The van der Waals surface area contributed by atoms with Crippen LogP contribution in [0.3, 0.4) is 0 Å². The van der Waals surface area contributed by atoms with Crippen molar-refractivity contribution >= 4 is 0 Å². The summed E-state index contributed by atoms with van der Waals surface area (Å²) in [5, 5.41) is 8.85. The molecule has 0 N–H and O–H groups in total. The Morgan fingerprint density at radius 2 is 1.68 bits per heavy atom. The van der Waals surface area contributed by atoms with E-state index in [4.69, 9.17) is 5.26 Å². The molecule has 0 aliphatic heterocycles. The Morgan fingerprint density at radius 3 is 2.40 bits per heavy atom. The van der Waals surface area contributed by atoms with Gasteiger partial charge >= 0.3 is 0 Å². The molecule has 4 rings (SSSR count). The molecule has 0 heterocycles. The highest BCUT2D eigenvalue weighted by molar-refractivity contribution is 5.80. The van der Waals surface area contributed by atoms with Gasteiger partial charge in [-0.2, -0.15) is 5.26 Å². The second-order valence-electron chi connectivity index (χ2n) is 6.27. The summed E-state index contributed by atoms with van der Waals surface area (Å²) >= 11 is 0. The molecule has 0 unspecified atom stereocenters. The number of rotatable bonds is 2. The summed E-state index contributed by atoms with van der Waals surface area (Å²) < 4.78 is 28.5. The van der Waals surface area contributed by atoms with Crippen LogP contribution in [0.4, 0.5) is 8.78 Å². The number of hydrogen-bond acceptors (Lipinski definition) is 1. The van der Waals surface area contributed by atoms with Crippen LogP contribution in [0.2, 0.25) is 0 Å². The Labute approximate surface area is 145 Å². The molecule has 0 aromatic heterocycles. The molecular formula is C22H15F2N. The zero-order valence-electron chi connectivity index (χ0n) is 13.7. The zero-order chi connectivity index (χ0) is 17.6. The molecule has 3 heteroatoms. The van der Waals surface area contributed by atoms with E-state index in [1.54, 1.807) is 6.07 Å². The molecule has 3 aromatic carbocycles. The Morgan fingerprint density at radius 1 is 0.960 bits per heavy atom. The van der Waals surface area contributed by atoms with E-state index in [1.807, 2.05) is 43.3 Å². The predicted molar refractivity (Wildman–Crippen MR) is 94.1 cm³/mol. The lowest BCUT2D eigenvalue weighted by molar-refractivity contribution is 0.601. The first-order valence-electron chi connectivity index (χ1n) is 8.26. The van der Waals surface area contributed by atoms with Crippen LogP contribution in [0.15, 0.2) is 48.5 Å². The van der Waals surface area contributed by atoms with Gasteiger partial charge in [0.2, 0.25) is 0 Å². The third kappa shape index (κ3) is 2.42. The number of benzene rings is 3. The minimum Gasteiger partial charge on any atom is -0.206 e. The predicted octanol–water partition coefficient (Wildman–Crippen LogP) is 5.64. The molecule has 1 nitrogen and oxygen atoms in total.